The Labute approximate surface area is 238 Å². The summed E-state index contributed by atoms with van der Waals surface area (Å²) < 4.78 is 95.2. The van der Waals surface area contributed by atoms with Gasteiger partial charge in [0.25, 0.3) is 0 Å². The topological polar surface area (TPSA) is 95.7 Å². The molecule has 0 radical (unpaired) electrons. The molecule has 0 aromatic heterocycles. The minimum atomic E-state index is -5.07. The van der Waals surface area contributed by atoms with Crippen LogP contribution < -0.4 is 11.1 Å². The van der Waals surface area contributed by atoms with E-state index < -0.39 is 75.7 Å². The number of carboxylic acid groups (broad SMARTS) is 1. The molecule has 0 bridgehead atoms. The van der Waals surface area contributed by atoms with Gasteiger partial charge in [-0.2, -0.15) is 26.3 Å². The van der Waals surface area contributed by atoms with Crippen molar-refractivity contribution >= 4 is 11.9 Å². The van der Waals surface area contributed by atoms with E-state index in [1.165, 1.54) is 36.9 Å². The van der Waals surface area contributed by atoms with E-state index in [0.29, 0.717) is 36.1 Å². The standard InChI is InChI=1S/C29H32F7N3O3/c1-15-8-21(30)4-5-22(15)23-13-27(12-18(14-38-27)24(40)41)6-7-39(23)25(42)26(3,37)16(2)17-9-19(28(31,32)33)11-20(10-17)29(34,35)36/h4-5,8-11,16,18,23,38H,6-7,12-14,37H2,1-3H3,(H,40,41)/t16-,18?,23-,26?,27-/m1/s1. The number of alkyl halides is 6. The van der Waals surface area contributed by atoms with Crippen LogP contribution >= 0.6 is 0 Å². The van der Waals surface area contributed by atoms with Gasteiger partial charge in [-0.1, -0.05) is 13.0 Å². The molecule has 2 aromatic rings. The molecule has 2 fully saturated rings. The monoisotopic (exact) mass is 603 g/mol. The molecule has 2 aliphatic rings. The second-order valence-electron chi connectivity index (χ2n) is 11.7. The lowest BCUT2D eigenvalue weighted by atomic mass is 9.75. The van der Waals surface area contributed by atoms with Gasteiger partial charge in [-0.05, 0) is 80.1 Å². The van der Waals surface area contributed by atoms with E-state index in [4.69, 9.17) is 5.73 Å². The first kappa shape index (κ1) is 31.7. The van der Waals surface area contributed by atoms with Crippen LogP contribution in [0.4, 0.5) is 30.7 Å². The Hall–Kier alpha value is -3.19. The van der Waals surface area contributed by atoms with Gasteiger partial charge in [0.2, 0.25) is 5.91 Å². The zero-order chi connectivity index (χ0) is 31.4. The molecule has 1 amide bonds. The summed E-state index contributed by atoms with van der Waals surface area (Å²) in [6.07, 6.45) is -9.26. The van der Waals surface area contributed by atoms with Crippen molar-refractivity contribution in [2.24, 2.45) is 11.7 Å². The average molecular weight is 604 g/mol. The number of nitrogens with zero attached hydrogens (tertiary/aromatic N) is 1. The maximum absolute atomic E-state index is 14.1. The minimum absolute atomic E-state index is 0.0162. The summed E-state index contributed by atoms with van der Waals surface area (Å²) in [4.78, 5) is 27.2. The predicted molar refractivity (Wildman–Crippen MR) is 139 cm³/mol. The van der Waals surface area contributed by atoms with Crippen LogP contribution in [0, 0.1) is 18.7 Å². The summed E-state index contributed by atoms with van der Waals surface area (Å²) in [6, 6.07) is 4.46. The third-order valence-electron chi connectivity index (χ3n) is 8.82. The van der Waals surface area contributed by atoms with Crippen molar-refractivity contribution in [3.05, 3.63) is 70.0 Å². The first-order chi connectivity index (χ1) is 19.2. The first-order valence-electron chi connectivity index (χ1n) is 13.4. The van der Waals surface area contributed by atoms with E-state index in [2.05, 4.69) is 5.32 Å². The largest absolute Gasteiger partial charge is 0.481 e. The molecule has 4 rings (SSSR count). The Bertz CT molecular complexity index is 1340. The number of rotatable bonds is 5. The van der Waals surface area contributed by atoms with Gasteiger partial charge in [0, 0.05) is 24.5 Å². The van der Waals surface area contributed by atoms with Crippen molar-refractivity contribution < 1.29 is 45.4 Å². The van der Waals surface area contributed by atoms with Gasteiger partial charge >= 0.3 is 18.3 Å². The summed E-state index contributed by atoms with van der Waals surface area (Å²) in [5.74, 6) is -4.11. The Balaban J connectivity index is 1.73. The Kier molecular flexibility index (Phi) is 8.18. The summed E-state index contributed by atoms with van der Waals surface area (Å²) >= 11 is 0. The molecule has 6 nitrogen and oxygen atoms in total. The molecule has 2 saturated heterocycles. The zero-order valence-electron chi connectivity index (χ0n) is 23.2. The maximum Gasteiger partial charge on any atom is 0.416 e. The molecular formula is C29H32F7N3O3. The lowest BCUT2D eigenvalue weighted by Gasteiger charge is -2.48. The van der Waals surface area contributed by atoms with Gasteiger partial charge in [-0.3, -0.25) is 9.59 Å². The van der Waals surface area contributed by atoms with Gasteiger partial charge in [-0.15, -0.1) is 0 Å². The van der Waals surface area contributed by atoms with E-state index in [1.54, 1.807) is 6.92 Å². The third kappa shape index (κ3) is 6.12. The number of benzene rings is 2. The predicted octanol–water partition coefficient (Wildman–Crippen LogP) is 5.79. The number of hydrogen-bond acceptors (Lipinski definition) is 4. The van der Waals surface area contributed by atoms with E-state index in [-0.39, 0.29) is 25.6 Å². The van der Waals surface area contributed by atoms with Crippen molar-refractivity contribution in [1.29, 1.82) is 0 Å². The molecule has 5 atom stereocenters. The Morgan fingerprint density at radius 1 is 1.05 bits per heavy atom. The normalized spacial score (nSPS) is 25.4. The van der Waals surface area contributed by atoms with Gasteiger partial charge in [-0.25, -0.2) is 4.39 Å². The molecule has 13 heteroatoms. The van der Waals surface area contributed by atoms with Crippen molar-refractivity contribution in [2.75, 3.05) is 13.1 Å². The van der Waals surface area contributed by atoms with Crippen LogP contribution in [0.1, 0.15) is 72.9 Å². The molecule has 2 unspecified atom stereocenters. The fraction of sp³-hybridized carbons (Fsp3) is 0.517. The summed E-state index contributed by atoms with van der Waals surface area (Å²) in [7, 11) is 0. The molecule has 2 aliphatic heterocycles. The van der Waals surface area contributed by atoms with Crippen LogP contribution in [0.15, 0.2) is 36.4 Å². The number of nitrogens with two attached hydrogens (primary N) is 1. The number of nitrogens with one attached hydrogen (secondary N) is 1. The fourth-order valence-electron chi connectivity index (χ4n) is 6.15. The zero-order valence-corrected chi connectivity index (χ0v) is 23.2. The SMILES string of the molecule is Cc1cc(F)ccc1[C@H]1C[C@@]2(CCN1C(=O)C(C)(N)[C@H](C)c1cc(C(F)(F)F)cc(C(F)(F)F)c1)CC(C(=O)O)CN2. The lowest BCUT2D eigenvalue weighted by Crippen LogP contribution is -2.61. The number of carbonyl (C=O) groups excluding carboxylic acids is 1. The maximum atomic E-state index is 14.1. The summed E-state index contributed by atoms with van der Waals surface area (Å²) in [5.41, 5.74) is 1.56. The molecule has 0 saturated carbocycles. The molecule has 42 heavy (non-hydrogen) atoms. The van der Waals surface area contributed by atoms with Gasteiger partial charge in [0.15, 0.2) is 0 Å². The molecule has 0 aliphatic carbocycles. The number of likely N-dealkylation sites (tertiary alicyclic amines) is 1. The van der Waals surface area contributed by atoms with Gasteiger partial charge < -0.3 is 21.1 Å². The highest BCUT2D eigenvalue weighted by atomic mass is 19.4. The highest BCUT2D eigenvalue weighted by Crippen LogP contribution is 2.45. The second-order valence-corrected chi connectivity index (χ2v) is 11.7. The highest BCUT2D eigenvalue weighted by molar-refractivity contribution is 5.87. The summed E-state index contributed by atoms with van der Waals surface area (Å²) in [5, 5.41) is 12.8. The fourth-order valence-corrected chi connectivity index (χ4v) is 6.15. The number of halogens is 7. The number of carboxylic acids is 1. The molecular weight excluding hydrogens is 571 g/mol. The number of aliphatic carboxylic acids is 1. The average Bonchev–Trinajstić information content (AvgIpc) is 3.30. The number of amides is 1. The summed E-state index contributed by atoms with van der Waals surface area (Å²) in [6.45, 7) is 4.51. The van der Waals surface area contributed by atoms with Crippen LogP contribution in [0.3, 0.4) is 0 Å². The van der Waals surface area contributed by atoms with Crippen molar-refractivity contribution in [1.82, 2.24) is 10.2 Å². The molecule has 230 valence electrons. The molecule has 2 aromatic carbocycles. The number of aryl methyl sites for hydroxylation is 1. The minimum Gasteiger partial charge on any atom is -0.481 e. The van der Waals surface area contributed by atoms with Gasteiger partial charge in [0.1, 0.15) is 5.82 Å². The Morgan fingerprint density at radius 2 is 1.64 bits per heavy atom. The smallest absolute Gasteiger partial charge is 0.416 e. The van der Waals surface area contributed by atoms with Crippen LogP contribution in [-0.2, 0) is 21.9 Å². The Morgan fingerprint density at radius 3 is 2.14 bits per heavy atom. The number of hydrogen-bond donors (Lipinski definition) is 3. The molecule has 2 heterocycles. The lowest BCUT2D eigenvalue weighted by molar-refractivity contribution is -0.144. The van der Waals surface area contributed by atoms with Crippen LogP contribution in [-0.4, -0.2) is 46.1 Å². The number of piperidine rings is 1. The van der Waals surface area contributed by atoms with Crippen LogP contribution in [0.5, 0.6) is 0 Å². The van der Waals surface area contributed by atoms with Crippen molar-refractivity contribution in [3.8, 4) is 0 Å². The molecule has 1 spiro atoms. The van der Waals surface area contributed by atoms with E-state index in [9.17, 15) is 45.4 Å². The van der Waals surface area contributed by atoms with E-state index in [0.717, 1.165) is 0 Å². The van der Waals surface area contributed by atoms with Crippen molar-refractivity contribution in [3.63, 3.8) is 0 Å². The quantitative estimate of drug-likeness (QED) is 0.376. The van der Waals surface area contributed by atoms with E-state index >= 15 is 0 Å². The first-order valence-corrected chi connectivity index (χ1v) is 13.4. The van der Waals surface area contributed by atoms with Crippen LogP contribution in [0.2, 0.25) is 0 Å². The van der Waals surface area contributed by atoms with Crippen LogP contribution in [0.25, 0.3) is 0 Å². The number of carbonyl (C=O) groups is 2. The van der Waals surface area contributed by atoms with Crippen molar-refractivity contribution in [2.45, 2.75) is 75.4 Å². The highest BCUT2D eigenvalue weighted by Gasteiger charge is 2.51. The van der Waals surface area contributed by atoms with Gasteiger partial charge in [0.05, 0.1) is 28.6 Å². The second kappa shape index (κ2) is 10.8. The van der Waals surface area contributed by atoms with E-state index in [1.807, 2.05) is 0 Å². The third-order valence-corrected chi connectivity index (χ3v) is 8.82. The molecule has 4 N–H and O–H groups in total.